The molecule has 24 heavy (non-hydrogen) atoms. The van der Waals surface area contributed by atoms with Gasteiger partial charge in [-0.1, -0.05) is 11.6 Å². The molecule has 0 radical (unpaired) electrons. The first-order valence-electron chi connectivity index (χ1n) is 7.05. The maximum absolute atomic E-state index is 13.7. The summed E-state index contributed by atoms with van der Waals surface area (Å²) in [7, 11) is 2.96. The Kier molecular flexibility index (Phi) is 5.76. The minimum absolute atomic E-state index is 0.178. The van der Waals surface area contributed by atoms with Gasteiger partial charge in [-0.25, -0.2) is 4.39 Å². The summed E-state index contributed by atoms with van der Waals surface area (Å²) in [6.45, 7) is -0.225. The zero-order valence-electron chi connectivity index (χ0n) is 13.2. The van der Waals surface area contributed by atoms with Crippen LogP contribution in [0.15, 0.2) is 42.5 Å². The van der Waals surface area contributed by atoms with E-state index in [1.54, 1.807) is 31.4 Å². The number of carbonyl (C=O) groups excluding carboxylic acids is 2. The first-order chi connectivity index (χ1) is 11.4. The Hall–Kier alpha value is -2.60. The Morgan fingerprint density at radius 3 is 2.50 bits per heavy atom. The summed E-state index contributed by atoms with van der Waals surface area (Å²) >= 11 is 5.78. The minimum Gasteiger partial charge on any atom is -0.497 e. The molecule has 5 nitrogen and oxygen atoms in total. The van der Waals surface area contributed by atoms with Crippen LogP contribution < -0.4 is 10.1 Å². The Morgan fingerprint density at radius 1 is 1.21 bits per heavy atom. The molecule has 0 saturated carbocycles. The van der Waals surface area contributed by atoms with Crippen LogP contribution in [0.5, 0.6) is 5.75 Å². The lowest BCUT2D eigenvalue weighted by molar-refractivity contribution is -0.116. The molecule has 2 amide bonds. The van der Waals surface area contributed by atoms with Crippen molar-refractivity contribution >= 4 is 29.1 Å². The van der Waals surface area contributed by atoms with Gasteiger partial charge in [-0.05, 0) is 42.5 Å². The third kappa shape index (κ3) is 4.45. The molecule has 1 N–H and O–H groups in total. The van der Waals surface area contributed by atoms with Crippen LogP contribution in [0.3, 0.4) is 0 Å². The predicted molar refractivity (Wildman–Crippen MR) is 90.0 cm³/mol. The van der Waals surface area contributed by atoms with E-state index < -0.39 is 17.6 Å². The van der Waals surface area contributed by atoms with Crippen LogP contribution in [-0.2, 0) is 4.79 Å². The molecule has 0 bridgehead atoms. The van der Waals surface area contributed by atoms with Gasteiger partial charge in [0.2, 0.25) is 5.91 Å². The van der Waals surface area contributed by atoms with E-state index >= 15 is 0 Å². The number of hydrogen-bond acceptors (Lipinski definition) is 3. The maximum atomic E-state index is 13.7. The highest BCUT2D eigenvalue weighted by atomic mass is 35.5. The number of methoxy groups -OCH3 is 1. The predicted octanol–water partition coefficient (Wildman–Crippen LogP) is 3.20. The highest BCUT2D eigenvalue weighted by Gasteiger charge is 2.19. The Morgan fingerprint density at radius 2 is 1.88 bits per heavy atom. The van der Waals surface area contributed by atoms with Crippen LogP contribution in [0.1, 0.15) is 10.4 Å². The number of carbonyl (C=O) groups is 2. The van der Waals surface area contributed by atoms with E-state index in [1.807, 2.05) is 0 Å². The highest BCUT2D eigenvalue weighted by Crippen LogP contribution is 2.17. The Bertz CT molecular complexity index is 750. The molecular weight excluding hydrogens is 335 g/mol. The zero-order chi connectivity index (χ0) is 17.7. The molecule has 0 aromatic heterocycles. The average molecular weight is 351 g/mol. The summed E-state index contributed by atoms with van der Waals surface area (Å²) in [6, 6.07) is 10.4. The maximum Gasteiger partial charge on any atom is 0.257 e. The fraction of sp³-hybridized carbons (Fsp3) is 0.176. The van der Waals surface area contributed by atoms with Crippen molar-refractivity contribution in [3.05, 3.63) is 58.9 Å². The molecule has 7 heteroatoms. The number of benzene rings is 2. The van der Waals surface area contributed by atoms with Crippen molar-refractivity contribution < 1.29 is 18.7 Å². The monoisotopic (exact) mass is 350 g/mol. The van der Waals surface area contributed by atoms with Gasteiger partial charge in [0.15, 0.2) is 0 Å². The van der Waals surface area contributed by atoms with Gasteiger partial charge in [0, 0.05) is 17.8 Å². The van der Waals surface area contributed by atoms with Crippen molar-refractivity contribution in [3.8, 4) is 5.75 Å². The van der Waals surface area contributed by atoms with Crippen LogP contribution in [0, 0.1) is 5.82 Å². The number of rotatable bonds is 5. The summed E-state index contributed by atoms with van der Waals surface area (Å²) in [5.41, 5.74) is 0.387. The van der Waals surface area contributed by atoms with Crippen molar-refractivity contribution in [3.63, 3.8) is 0 Å². The van der Waals surface area contributed by atoms with Crippen molar-refractivity contribution in [2.24, 2.45) is 0 Å². The number of nitrogens with zero attached hydrogens (tertiary/aromatic N) is 1. The van der Waals surface area contributed by atoms with E-state index in [0.717, 1.165) is 11.0 Å². The quantitative estimate of drug-likeness (QED) is 0.900. The van der Waals surface area contributed by atoms with E-state index in [0.29, 0.717) is 11.4 Å². The third-order valence-electron chi connectivity index (χ3n) is 3.26. The number of amides is 2. The Labute approximate surface area is 144 Å². The minimum atomic E-state index is -0.688. The van der Waals surface area contributed by atoms with Crippen molar-refractivity contribution in [2.45, 2.75) is 0 Å². The van der Waals surface area contributed by atoms with Gasteiger partial charge in [0.1, 0.15) is 11.6 Å². The normalized spacial score (nSPS) is 10.2. The second-order valence-electron chi connectivity index (χ2n) is 5.06. The molecule has 0 aliphatic carbocycles. The van der Waals surface area contributed by atoms with Crippen molar-refractivity contribution in [1.82, 2.24) is 4.90 Å². The lowest BCUT2D eigenvalue weighted by Gasteiger charge is -2.17. The number of ether oxygens (including phenoxy) is 1. The summed E-state index contributed by atoms with van der Waals surface area (Å²) in [5, 5.41) is 2.89. The van der Waals surface area contributed by atoms with Gasteiger partial charge >= 0.3 is 0 Å². The molecular formula is C17H16ClFN2O3. The largest absolute Gasteiger partial charge is 0.497 e. The first kappa shape index (κ1) is 17.7. The van der Waals surface area contributed by atoms with Crippen LogP contribution in [0.2, 0.25) is 5.02 Å². The summed E-state index contributed by atoms with van der Waals surface area (Å²) < 4.78 is 18.7. The SMILES string of the molecule is COc1ccc(NC(=O)CN(C)C(=O)c2cc(Cl)ccc2F)cc1. The van der Waals surface area contributed by atoms with Gasteiger partial charge in [-0.3, -0.25) is 9.59 Å². The molecule has 2 aromatic rings. The third-order valence-corrected chi connectivity index (χ3v) is 3.50. The summed E-state index contributed by atoms with van der Waals surface area (Å²) in [5.74, 6) is -1.05. The smallest absolute Gasteiger partial charge is 0.257 e. The zero-order valence-corrected chi connectivity index (χ0v) is 13.9. The van der Waals surface area contributed by atoms with Crippen molar-refractivity contribution in [1.29, 1.82) is 0 Å². The average Bonchev–Trinajstić information content (AvgIpc) is 2.57. The Balaban J connectivity index is 1.99. The molecule has 2 rings (SSSR count). The van der Waals surface area contributed by atoms with E-state index in [2.05, 4.69) is 5.32 Å². The highest BCUT2D eigenvalue weighted by molar-refractivity contribution is 6.31. The molecule has 0 spiro atoms. The number of halogens is 2. The van der Waals surface area contributed by atoms with Gasteiger partial charge in [-0.15, -0.1) is 0 Å². The number of likely N-dealkylation sites (N-methyl/N-ethyl adjacent to an activating group) is 1. The molecule has 0 fully saturated rings. The van der Waals surface area contributed by atoms with Crippen LogP contribution >= 0.6 is 11.6 Å². The number of nitrogens with one attached hydrogen (secondary N) is 1. The molecule has 0 aliphatic rings. The van der Waals surface area contributed by atoms with Crippen molar-refractivity contribution in [2.75, 3.05) is 26.0 Å². The summed E-state index contributed by atoms with van der Waals surface area (Å²) in [4.78, 5) is 25.3. The second-order valence-corrected chi connectivity index (χ2v) is 5.50. The lowest BCUT2D eigenvalue weighted by Crippen LogP contribution is -2.35. The molecule has 0 atom stereocenters. The van der Waals surface area contributed by atoms with Gasteiger partial charge < -0.3 is 15.0 Å². The molecule has 0 saturated heterocycles. The van der Waals surface area contributed by atoms with Crippen LogP contribution in [0.25, 0.3) is 0 Å². The molecule has 2 aromatic carbocycles. The topological polar surface area (TPSA) is 58.6 Å². The molecule has 0 unspecified atom stereocenters. The molecule has 126 valence electrons. The summed E-state index contributed by atoms with van der Waals surface area (Å²) in [6.07, 6.45) is 0. The van der Waals surface area contributed by atoms with E-state index in [1.165, 1.54) is 19.2 Å². The van der Waals surface area contributed by atoms with E-state index in [4.69, 9.17) is 16.3 Å². The van der Waals surface area contributed by atoms with Crippen LogP contribution in [0.4, 0.5) is 10.1 Å². The standard InChI is InChI=1S/C17H16ClFN2O3/c1-21(17(23)14-9-11(18)3-8-15(14)19)10-16(22)20-12-4-6-13(24-2)7-5-12/h3-9H,10H2,1-2H3,(H,20,22). The van der Waals surface area contributed by atoms with Gasteiger partial charge in [0.05, 0.1) is 19.2 Å². The number of anilines is 1. The van der Waals surface area contributed by atoms with Gasteiger partial charge in [0.25, 0.3) is 5.91 Å². The fourth-order valence-corrected chi connectivity index (χ4v) is 2.20. The fourth-order valence-electron chi connectivity index (χ4n) is 2.03. The van der Waals surface area contributed by atoms with E-state index in [-0.39, 0.29) is 17.1 Å². The van der Waals surface area contributed by atoms with Crippen LogP contribution in [-0.4, -0.2) is 37.4 Å². The molecule has 0 heterocycles. The second kappa shape index (κ2) is 7.79. The van der Waals surface area contributed by atoms with E-state index in [9.17, 15) is 14.0 Å². The van der Waals surface area contributed by atoms with Gasteiger partial charge in [-0.2, -0.15) is 0 Å². The number of hydrogen-bond donors (Lipinski definition) is 1. The lowest BCUT2D eigenvalue weighted by atomic mass is 10.2. The molecule has 0 aliphatic heterocycles. The first-order valence-corrected chi connectivity index (χ1v) is 7.43.